The van der Waals surface area contributed by atoms with Gasteiger partial charge >= 0.3 is 0 Å². The first kappa shape index (κ1) is 11.3. The highest BCUT2D eigenvalue weighted by Gasteiger charge is 2.23. The summed E-state index contributed by atoms with van der Waals surface area (Å²) in [6.45, 7) is 0. The Morgan fingerprint density at radius 1 is 1.50 bits per heavy atom. The van der Waals surface area contributed by atoms with E-state index in [9.17, 15) is 13.2 Å². The van der Waals surface area contributed by atoms with Crippen molar-refractivity contribution in [2.24, 2.45) is 0 Å². The molecule has 0 saturated carbocycles. The maximum Gasteiger partial charge on any atom is 0.292 e. The number of hydrogen-bond acceptors (Lipinski definition) is 4. The van der Waals surface area contributed by atoms with Crippen LogP contribution in [-0.2, 0) is 14.9 Å². The van der Waals surface area contributed by atoms with Gasteiger partial charge in [-0.3, -0.25) is 9.35 Å². The van der Waals surface area contributed by atoms with Crippen molar-refractivity contribution in [2.75, 3.05) is 14.1 Å². The first-order valence-electron chi connectivity index (χ1n) is 3.09. The Morgan fingerprint density at radius 2 is 1.92 bits per heavy atom. The Kier molecular flexibility index (Phi) is 3.62. The number of aliphatic hydroxyl groups is 1. The van der Waals surface area contributed by atoms with Gasteiger partial charge in [0.15, 0.2) is 5.44 Å². The normalized spacial score (nSPS) is 14.0. The number of hydrogen-bond donors (Lipinski definition) is 2. The fourth-order valence-corrected chi connectivity index (χ4v) is 0.790. The molecule has 0 radical (unpaired) electrons. The zero-order valence-corrected chi connectivity index (χ0v) is 7.58. The van der Waals surface area contributed by atoms with Crippen LogP contribution in [0.4, 0.5) is 0 Å². The van der Waals surface area contributed by atoms with E-state index >= 15 is 0 Å². The first-order chi connectivity index (χ1) is 5.25. The molecule has 0 aromatic heterocycles. The first-order valence-corrected chi connectivity index (χ1v) is 4.60. The number of carbonyl (C=O) groups is 1. The lowest BCUT2D eigenvalue weighted by Crippen LogP contribution is -2.30. The highest BCUT2D eigenvalue weighted by Crippen LogP contribution is 2.01. The van der Waals surface area contributed by atoms with Crippen molar-refractivity contribution < 1.29 is 22.9 Å². The summed E-state index contributed by atoms with van der Waals surface area (Å²) < 4.78 is 28.7. The predicted octanol–water partition coefficient (Wildman–Crippen LogP) is -1.33. The van der Waals surface area contributed by atoms with E-state index in [2.05, 4.69) is 0 Å². The average molecular weight is 197 g/mol. The van der Waals surface area contributed by atoms with E-state index in [0.29, 0.717) is 0 Å². The molecular formula is C5H11NO5S. The van der Waals surface area contributed by atoms with Crippen molar-refractivity contribution in [3.05, 3.63) is 0 Å². The van der Waals surface area contributed by atoms with Crippen LogP contribution in [0.1, 0.15) is 6.42 Å². The summed E-state index contributed by atoms with van der Waals surface area (Å²) in [6, 6.07) is 0. The third-order valence-corrected chi connectivity index (χ3v) is 2.05. The SMILES string of the molecule is CN(C)C(=O)CC(O)S(=O)(=O)O. The van der Waals surface area contributed by atoms with Gasteiger partial charge in [-0.2, -0.15) is 8.42 Å². The highest BCUT2D eigenvalue weighted by atomic mass is 32.2. The third kappa shape index (κ3) is 3.65. The van der Waals surface area contributed by atoms with E-state index in [-0.39, 0.29) is 0 Å². The summed E-state index contributed by atoms with van der Waals surface area (Å²) in [5.74, 6) is -0.569. The van der Waals surface area contributed by atoms with E-state index in [0.717, 1.165) is 4.90 Å². The van der Waals surface area contributed by atoms with Crippen molar-refractivity contribution in [1.82, 2.24) is 4.90 Å². The molecule has 0 rings (SSSR count). The number of amides is 1. The smallest absolute Gasteiger partial charge is 0.292 e. The molecule has 0 aliphatic heterocycles. The molecule has 6 nitrogen and oxygen atoms in total. The minimum absolute atomic E-state index is 0.569. The zero-order chi connectivity index (χ0) is 9.94. The molecular weight excluding hydrogens is 186 g/mol. The summed E-state index contributed by atoms with van der Waals surface area (Å²) in [4.78, 5) is 11.9. The van der Waals surface area contributed by atoms with Crippen LogP contribution in [0.2, 0.25) is 0 Å². The number of nitrogens with zero attached hydrogens (tertiary/aromatic N) is 1. The fraction of sp³-hybridized carbons (Fsp3) is 0.800. The molecule has 12 heavy (non-hydrogen) atoms. The van der Waals surface area contributed by atoms with Crippen LogP contribution in [-0.4, -0.2) is 48.4 Å². The van der Waals surface area contributed by atoms with Gasteiger partial charge in [0.05, 0.1) is 6.42 Å². The fourth-order valence-electron chi connectivity index (χ4n) is 0.437. The van der Waals surface area contributed by atoms with Crippen molar-refractivity contribution >= 4 is 16.0 Å². The second kappa shape index (κ2) is 3.83. The Morgan fingerprint density at radius 3 is 2.17 bits per heavy atom. The van der Waals surface area contributed by atoms with Crippen LogP contribution in [0.3, 0.4) is 0 Å². The van der Waals surface area contributed by atoms with Gasteiger partial charge in [-0.15, -0.1) is 0 Å². The second-order valence-corrected chi connectivity index (χ2v) is 4.04. The minimum Gasteiger partial charge on any atom is -0.375 e. The monoisotopic (exact) mass is 197 g/mol. The lowest BCUT2D eigenvalue weighted by Gasteiger charge is -2.11. The van der Waals surface area contributed by atoms with Gasteiger partial charge in [-0.25, -0.2) is 0 Å². The molecule has 0 spiro atoms. The quantitative estimate of drug-likeness (QED) is 0.547. The molecule has 0 aromatic rings. The Balaban J connectivity index is 4.21. The Hall–Kier alpha value is -0.660. The van der Waals surface area contributed by atoms with Crippen LogP contribution >= 0.6 is 0 Å². The maximum atomic E-state index is 10.8. The molecule has 2 N–H and O–H groups in total. The summed E-state index contributed by atoms with van der Waals surface area (Å²) in [5.41, 5.74) is -2.03. The number of aliphatic hydroxyl groups excluding tert-OH is 1. The largest absolute Gasteiger partial charge is 0.375 e. The summed E-state index contributed by atoms with van der Waals surface area (Å²) in [6.07, 6.45) is -0.633. The molecule has 0 aliphatic carbocycles. The molecule has 72 valence electrons. The average Bonchev–Trinajstić information content (AvgIpc) is 1.85. The minimum atomic E-state index is -4.52. The summed E-state index contributed by atoms with van der Waals surface area (Å²) in [7, 11) is -1.69. The molecule has 0 bridgehead atoms. The van der Waals surface area contributed by atoms with Gasteiger partial charge in [0.25, 0.3) is 10.1 Å². The lowest BCUT2D eigenvalue weighted by atomic mass is 10.4. The van der Waals surface area contributed by atoms with Gasteiger partial charge in [0, 0.05) is 14.1 Å². The van der Waals surface area contributed by atoms with Gasteiger partial charge < -0.3 is 10.0 Å². The molecule has 7 heteroatoms. The van der Waals surface area contributed by atoms with E-state index in [4.69, 9.17) is 9.66 Å². The van der Waals surface area contributed by atoms with E-state index in [1.807, 2.05) is 0 Å². The molecule has 0 aliphatic rings. The maximum absolute atomic E-state index is 10.8. The van der Waals surface area contributed by atoms with Crippen molar-refractivity contribution in [2.45, 2.75) is 11.9 Å². The lowest BCUT2D eigenvalue weighted by molar-refractivity contribution is -0.129. The second-order valence-electron chi connectivity index (χ2n) is 2.46. The van der Waals surface area contributed by atoms with Gasteiger partial charge in [-0.05, 0) is 0 Å². The van der Waals surface area contributed by atoms with Crippen molar-refractivity contribution in [3.8, 4) is 0 Å². The molecule has 1 amide bonds. The molecule has 1 atom stereocenters. The third-order valence-electron chi connectivity index (χ3n) is 1.19. The number of carbonyl (C=O) groups excluding carboxylic acids is 1. The van der Waals surface area contributed by atoms with E-state index in [1.165, 1.54) is 14.1 Å². The van der Waals surface area contributed by atoms with Crippen LogP contribution in [0, 0.1) is 0 Å². The molecule has 0 heterocycles. The standard InChI is InChI=1S/C5H11NO5S/c1-6(2)4(7)3-5(8)12(9,10)11/h5,8H,3H2,1-2H3,(H,9,10,11). The summed E-state index contributed by atoms with van der Waals surface area (Å²) >= 11 is 0. The number of rotatable bonds is 3. The van der Waals surface area contributed by atoms with Crippen LogP contribution in [0.5, 0.6) is 0 Å². The molecule has 0 saturated heterocycles. The van der Waals surface area contributed by atoms with Crippen molar-refractivity contribution in [1.29, 1.82) is 0 Å². The van der Waals surface area contributed by atoms with Crippen LogP contribution in [0.15, 0.2) is 0 Å². The van der Waals surface area contributed by atoms with Crippen LogP contribution in [0.25, 0.3) is 0 Å². The van der Waals surface area contributed by atoms with Crippen LogP contribution < -0.4 is 0 Å². The Bertz CT molecular complexity index is 257. The van der Waals surface area contributed by atoms with Crippen molar-refractivity contribution in [3.63, 3.8) is 0 Å². The molecule has 0 fully saturated rings. The van der Waals surface area contributed by atoms with E-state index in [1.54, 1.807) is 0 Å². The van der Waals surface area contributed by atoms with Gasteiger partial charge in [0.1, 0.15) is 0 Å². The van der Waals surface area contributed by atoms with Gasteiger partial charge in [-0.1, -0.05) is 0 Å². The van der Waals surface area contributed by atoms with E-state index < -0.39 is 27.9 Å². The predicted molar refractivity (Wildman–Crippen MR) is 40.9 cm³/mol. The molecule has 1 unspecified atom stereocenters. The molecule has 0 aromatic carbocycles. The topological polar surface area (TPSA) is 94.9 Å². The summed E-state index contributed by atoms with van der Waals surface area (Å²) in [5, 5.41) is 8.72. The Labute approximate surface area is 70.5 Å². The highest BCUT2D eigenvalue weighted by molar-refractivity contribution is 7.86. The van der Waals surface area contributed by atoms with Gasteiger partial charge in [0.2, 0.25) is 5.91 Å². The zero-order valence-electron chi connectivity index (χ0n) is 6.76.